The Hall–Kier alpha value is 0.0200. The summed E-state index contributed by atoms with van der Waals surface area (Å²) in [5, 5.41) is 0. The highest BCUT2D eigenvalue weighted by molar-refractivity contribution is 7.86. The van der Waals surface area contributed by atoms with Crippen molar-refractivity contribution in [2.24, 2.45) is 0 Å². The molecular weight excluding hydrogens is 295 g/mol. The third kappa shape index (κ3) is 5.89. The lowest BCUT2D eigenvalue weighted by Gasteiger charge is -2.23. The Morgan fingerprint density at radius 2 is 1.95 bits per heavy atom. The predicted molar refractivity (Wildman–Crippen MR) is 69.8 cm³/mol. The van der Waals surface area contributed by atoms with Gasteiger partial charge in [0.1, 0.15) is 6.10 Å². The Balaban J connectivity index is 2.78. The van der Waals surface area contributed by atoms with Crippen molar-refractivity contribution in [3.8, 4) is 0 Å². The first-order valence-electron chi connectivity index (χ1n) is 6.61. The third-order valence-electron chi connectivity index (χ3n) is 2.37. The summed E-state index contributed by atoms with van der Waals surface area (Å²) in [6.07, 6.45) is -0.774. The quantitative estimate of drug-likeness (QED) is 0.493. The molecule has 9 heteroatoms. The number of rotatable bonds is 8. The summed E-state index contributed by atoms with van der Waals surface area (Å²) in [6, 6.07) is 0. The van der Waals surface area contributed by atoms with E-state index in [1.807, 2.05) is 0 Å². The van der Waals surface area contributed by atoms with E-state index < -0.39 is 36.5 Å². The van der Waals surface area contributed by atoms with Crippen LogP contribution in [0.4, 0.5) is 0 Å². The largest absolute Gasteiger partial charge is 0.375 e. The number of hydrogen-bond donors (Lipinski definition) is 0. The second-order valence-electron chi connectivity index (χ2n) is 4.04. The van der Waals surface area contributed by atoms with E-state index in [2.05, 4.69) is 0 Å². The molecule has 0 amide bonds. The molecule has 0 aromatic carbocycles. The first-order valence-corrected chi connectivity index (χ1v) is 9.57. The van der Waals surface area contributed by atoms with Crippen molar-refractivity contribution in [3.63, 3.8) is 0 Å². The highest BCUT2D eigenvalue weighted by Gasteiger charge is 2.39. The van der Waals surface area contributed by atoms with Crippen LogP contribution in [0, 0.1) is 0 Å². The summed E-state index contributed by atoms with van der Waals surface area (Å²) >= 11 is 0. The third-order valence-corrected chi connectivity index (χ3v) is 5.07. The molecule has 7 nitrogen and oxygen atoms in total. The van der Waals surface area contributed by atoms with E-state index in [0.717, 1.165) is 6.26 Å². The molecule has 0 aromatic rings. The highest BCUT2D eigenvalue weighted by Crippen LogP contribution is 2.50. The summed E-state index contributed by atoms with van der Waals surface area (Å²) in [7, 11) is -7.06. The molecule has 1 fully saturated rings. The molecule has 1 heterocycles. The first-order chi connectivity index (χ1) is 9.19. The Morgan fingerprint density at radius 1 is 1.37 bits per heavy atom. The van der Waals surface area contributed by atoms with Gasteiger partial charge in [-0.15, -0.1) is 0 Å². The van der Waals surface area contributed by atoms with E-state index >= 15 is 0 Å². The average molecular weight is 318 g/mol. The van der Waals surface area contributed by atoms with Crippen LogP contribution in [0.25, 0.3) is 0 Å². The molecular formula is C10H21O7PS. The van der Waals surface area contributed by atoms with E-state index in [1.165, 1.54) is 0 Å². The van der Waals surface area contributed by atoms with Gasteiger partial charge in [0.2, 0.25) is 0 Å². The SMILES string of the molecule is [3H][C@H]1C[C@H](OS(C)(=O)=O)[C@@H](CP(=O)(OCC)OCC)O1. The minimum Gasteiger partial charge on any atom is -0.375 e. The van der Waals surface area contributed by atoms with E-state index in [0.29, 0.717) is 0 Å². The Kier molecular flexibility index (Phi) is 5.80. The molecule has 3 atom stereocenters. The van der Waals surface area contributed by atoms with Crippen LogP contribution in [-0.2, 0) is 32.7 Å². The number of ether oxygens (including phenoxy) is 1. The molecule has 19 heavy (non-hydrogen) atoms. The lowest BCUT2D eigenvalue weighted by molar-refractivity contribution is 0.0660. The van der Waals surface area contributed by atoms with Gasteiger partial charge in [0.25, 0.3) is 10.1 Å². The normalized spacial score (nSPS) is 29.4. The molecule has 1 saturated heterocycles. The Labute approximate surface area is 115 Å². The summed E-state index contributed by atoms with van der Waals surface area (Å²) in [5.41, 5.74) is 0. The Morgan fingerprint density at radius 3 is 2.42 bits per heavy atom. The van der Waals surface area contributed by atoms with Gasteiger partial charge in [0, 0.05) is 13.0 Å². The van der Waals surface area contributed by atoms with Crippen LogP contribution in [0.5, 0.6) is 0 Å². The average Bonchev–Trinajstić information content (AvgIpc) is 2.56. The lowest BCUT2D eigenvalue weighted by atomic mass is 10.2. The van der Waals surface area contributed by atoms with Gasteiger partial charge < -0.3 is 13.8 Å². The van der Waals surface area contributed by atoms with E-state index in [-0.39, 0.29) is 25.8 Å². The van der Waals surface area contributed by atoms with Gasteiger partial charge in [-0.1, -0.05) is 0 Å². The monoisotopic (exact) mass is 318 g/mol. The second-order valence-corrected chi connectivity index (χ2v) is 7.75. The van der Waals surface area contributed by atoms with Gasteiger partial charge >= 0.3 is 7.60 Å². The van der Waals surface area contributed by atoms with Gasteiger partial charge in [-0.25, -0.2) is 0 Å². The maximum Gasteiger partial charge on any atom is 0.333 e. The molecule has 0 N–H and O–H groups in total. The minimum absolute atomic E-state index is 0.0932. The van der Waals surface area contributed by atoms with Crippen LogP contribution in [0.2, 0.25) is 0 Å². The van der Waals surface area contributed by atoms with Crippen molar-refractivity contribution in [1.82, 2.24) is 0 Å². The van der Waals surface area contributed by atoms with Crippen LogP contribution >= 0.6 is 7.60 Å². The van der Waals surface area contributed by atoms with Crippen LogP contribution in [0.15, 0.2) is 0 Å². The van der Waals surface area contributed by atoms with Crippen LogP contribution in [-0.4, -0.2) is 52.8 Å². The molecule has 1 aliphatic heterocycles. The van der Waals surface area contributed by atoms with E-state index in [1.54, 1.807) is 13.8 Å². The van der Waals surface area contributed by atoms with Crippen molar-refractivity contribution in [1.29, 1.82) is 0 Å². The van der Waals surface area contributed by atoms with Gasteiger partial charge in [-0.3, -0.25) is 8.75 Å². The van der Waals surface area contributed by atoms with Gasteiger partial charge in [-0.2, -0.15) is 8.42 Å². The topological polar surface area (TPSA) is 88.1 Å². The molecule has 0 unspecified atom stereocenters. The smallest absolute Gasteiger partial charge is 0.333 e. The van der Waals surface area contributed by atoms with Gasteiger partial charge in [0.15, 0.2) is 0 Å². The molecule has 1 aliphatic rings. The lowest BCUT2D eigenvalue weighted by Crippen LogP contribution is -2.30. The minimum atomic E-state index is -3.68. The summed E-state index contributed by atoms with van der Waals surface area (Å²) in [5.74, 6) is 0. The fourth-order valence-corrected chi connectivity index (χ4v) is 4.24. The van der Waals surface area contributed by atoms with E-state index in [4.69, 9.17) is 19.3 Å². The maximum absolute atomic E-state index is 12.4. The summed E-state index contributed by atoms with van der Waals surface area (Å²) in [6.45, 7) is 2.85. The molecule has 0 spiro atoms. The summed E-state index contributed by atoms with van der Waals surface area (Å²) < 4.78 is 62.7. The second kappa shape index (κ2) is 7.15. The summed E-state index contributed by atoms with van der Waals surface area (Å²) in [4.78, 5) is 0. The molecule has 0 saturated carbocycles. The number of hydrogen-bond acceptors (Lipinski definition) is 7. The van der Waals surface area contributed by atoms with Crippen LogP contribution in [0.1, 0.15) is 21.6 Å². The van der Waals surface area contributed by atoms with Crippen molar-refractivity contribution in [2.45, 2.75) is 32.5 Å². The van der Waals surface area contributed by atoms with Crippen LogP contribution < -0.4 is 0 Å². The fraction of sp³-hybridized carbons (Fsp3) is 1.00. The molecule has 0 bridgehead atoms. The van der Waals surface area contributed by atoms with Crippen molar-refractivity contribution in [2.75, 3.05) is 32.2 Å². The van der Waals surface area contributed by atoms with Crippen molar-refractivity contribution in [3.05, 3.63) is 0 Å². The molecule has 0 aliphatic carbocycles. The molecule has 0 aromatic heterocycles. The molecule has 114 valence electrons. The zero-order valence-corrected chi connectivity index (χ0v) is 13.0. The van der Waals surface area contributed by atoms with E-state index in [9.17, 15) is 13.0 Å². The highest BCUT2D eigenvalue weighted by atomic mass is 32.2. The fourth-order valence-electron chi connectivity index (χ4n) is 1.76. The first kappa shape index (κ1) is 15.4. The maximum atomic E-state index is 12.4. The van der Waals surface area contributed by atoms with Crippen molar-refractivity contribution >= 4 is 17.7 Å². The van der Waals surface area contributed by atoms with Crippen molar-refractivity contribution < 1.29 is 32.3 Å². The zero-order valence-electron chi connectivity index (χ0n) is 12.3. The van der Waals surface area contributed by atoms with Gasteiger partial charge in [0.05, 0.1) is 33.1 Å². The predicted octanol–water partition coefficient (Wildman–Crippen LogP) is 1.39. The Bertz CT molecular complexity index is 445. The van der Waals surface area contributed by atoms with Crippen LogP contribution in [0.3, 0.4) is 0 Å². The zero-order chi connectivity index (χ0) is 15.4. The van der Waals surface area contributed by atoms with Gasteiger partial charge in [-0.05, 0) is 13.8 Å². The molecule has 0 radical (unpaired) electrons. The molecule has 1 rings (SSSR count). The standard InChI is InChI=1S/C10H21O7PS/c1-4-15-18(11,16-5-2)8-10-9(6-7-14-10)17-19(3,12)13/h9-10H,4-8H2,1-3H3/t9-,10+/m0/s1/i7T/t7-,9-,10+.